The van der Waals surface area contributed by atoms with Gasteiger partial charge in [0.05, 0.1) is 11.1 Å². The fourth-order valence-corrected chi connectivity index (χ4v) is 2.35. The van der Waals surface area contributed by atoms with Crippen molar-refractivity contribution in [3.63, 3.8) is 0 Å². The van der Waals surface area contributed by atoms with Crippen molar-refractivity contribution in [2.75, 3.05) is 0 Å². The Labute approximate surface area is 150 Å². The molecular formula is C20H16O6. The number of carbonyl (C=O) groups excluding carboxylic acids is 3. The second kappa shape index (κ2) is 7.65. The van der Waals surface area contributed by atoms with Crippen LogP contribution in [-0.2, 0) is 19.0 Å². The molecule has 1 aliphatic heterocycles. The van der Waals surface area contributed by atoms with Crippen LogP contribution in [0, 0.1) is 0 Å². The van der Waals surface area contributed by atoms with Gasteiger partial charge in [0.15, 0.2) is 6.10 Å². The van der Waals surface area contributed by atoms with Gasteiger partial charge < -0.3 is 14.2 Å². The van der Waals surface area contributed by atoms with E-state index in [2.05, 4.69) is 0 Å². The van der Waals surface area contributed by atoms with E-state index < -0.39 is 30.1 Å². The molecule has 6 nitrogen and oxygen atoms in total. The number of carbonyl (C=O) groups is 3. The van der Waals surface area contributed by atoms with E-state index in [4.69, 9.17) is 14.2 Å². The van der Waals surface area contributed by atoms with Crippen LogP contribution in [0.15, 0.2) is 72.5 Å². The molecule has 26 heavy (non-hydrogen) atoms. The number of ether oxygens (including phenoxy) is 3. The minimum Gasteiger partial charge on any atom is -0.453 e. The van der Waals surface area contributed by atoms with Gasteiger partial charge in [-0.2, -0.15) is 0 Å². The Kier molecular flexibility index (Phi) is 5.12. The highest BCUT2D eigenvalue weighted by atomic mass is 16.6. The molecule has 0 aliphatic carbocycles. The van der Waals surface area contributed by atoms with Gasteiger partial charge in [0, 0.05) is 6.08 Å². The van der Waals surface area contributed by atoms with Crippen molar-refractivity contribution >= 4 is 17.9 Å². The molecule has 1 aliphatic rings. The van der Waals surface area contributed by atoms with E-state index in [-0.39, 0.29) is 11.3 Å². The topological polar surface area (TPSA) is 78.9 Å². The number of hydrogen-bond donors (Lipinski definition) is 0. The molecule has 2 aromatic rings. The van der Waals surface area contributed by atoms with E-state index in [9.17, 15) is 14.4 Å². The van der Waals surface area contributed by atoms with Crippen molar-refractivity contribution in [3.05, 3.63) is 83.6 Å². The lowest BCUT2D eigenvalue weighted by Gasteiger charge is -2.26. The summed E-state index contributed by atoms with van der Waals surface area (Å²) in [6.45, 7) is 1.59. The van der Waals surface area contributed by atoms with Gasteiger partial charge in [-0.3, -0.25) is 0 Å². The van der Waals surface area contributed by atoms with Crippen molar-refractivity contribution in [1.29, 1.82) is 0 Å². The highest BCUT2D eigenvalue weighted by molar-refractivity contribution is 5.96. The van der Waals surface area contributed by atoms with Gasteiger partial charge >= 0.3 is 17.9 Å². The molecule has 3 rings (SSSR count). The third-order valence-electron chi connectivity index (χ3n) is 3.74. The molecule has 132 valence electrons. The summed E-state index contributed by atoms with van der Waals surface area (Å²) in [7, 11) is 0. The van der Waals surface area contributed by atoms with E-state index >= 15 is 0 Å². The van der Waals surface area contributed by atoms with Crippen molar-refractivity contribution in [3.8, 4) is 0 Å². The lowest BCUT2D eigenvalue weighted by Crippen LogP contribution is -2.37. The number of rotatable bonds is 4. The maximum atomic E-state index is 12.2. The lowest BCUT2D eigenvalue weighted by molar-refractivity contribution is -0.154. The predicted molar refractivity (Wildman–Crippen MR) is 91.1 cm³/mol. The zero-order valence-electron chi connectivity index (χ0n) is 14.0. The van der Waals surface area contributed by atoms with Gasteiger partial charge in [0.2, 0.25) is 5.76 Å². The van der Waals surface area contributed by atoms with E-state index in [0.717, 1.165) is 0 Å². The van der Waals surface area contributed by atoms with Crippen LogP contribution in [0.4, 0.5) is 0 Å². The first kappa shape index (κ1) is 17.4. The highest BCUT2D eigenvalue weighted by Gasteiger charge is 2.33. The number of benzene rings is 2. The molecule has 1 heterocycles. The summed E-state index contributed by atoms with van der Waals surface area (Å²) in [6, 6.07) is 16.7. The standard InChI is InChI=1S/C20H16O6/c1-13-16(25-18(21)14-8-4-2-5-9-14)12-17(20(23)24-13)26-19(22)15-10-6-3-7-11-15/h2-13,16H,1H3/t13?,16-/m1/s1. The van der Waals surface area contributed by atoms with E-state index in [1.807, 2.05) is 0 Å². The maximum absolute atomic E-state index is 12.2. The molecule has 0 aromatic heterocycles. The van der Waals surface area contributed by atoms with Crippen LogP contribution in [0.25, 0.3) is 0 Å². The Bertz CT molecular complexity index is 841. The van der Waals surface area contributed by atoms with Gasteiger partial charge in [-0.15, -0.1) is 0 Å². The van der Waals surface area contributed by atoms with Gasteiger partial charge in [-0.1, -0.05) is 36.4 Å². The number of hydrogen-bond acceptors (Lipinski definition) is 6. The summed E-state index contributed by atoms with van der Waals surface area (Å²) in [5.74, 6) is -2.35. The average molecular weight is 352 g/mol. The molecule has 0 N–H and O–H groups in total. The van der Waals surface area contributed by atoms with Crippen LogP contribution in [0.5, 0.6) is 0 Å². The fraction of sp³-hybridized carbons (Fsp3) is 0.150. The summed E-state index contributed by atoms with van der Waals surface area (Å²) in [5.41, 5.74) is 0.658. The van der Waals surface area contributed by atoms with Crippen LogP contribution in [0.1, 0.15) is 27.6 Å². The summed E-state index contributed by atoms with van der Waals surface area (Å²) in [6.07, 6.45) is -0.272. The van der Waals surface area contributed by atoms with Gasteiger partial charge in [0.25, 0.3) is 0 Å². The highest BCUT2D eigenvalue weighted by Crippen LogP contribution is 2.20. The third-order valence-corrected chi connectivity index (χ3v) is 3.74. The molecule has 0 spiro atoms. The van der Waals surface area contributed by atoms with Crippen molar-refractivity contribution in [1.82, 2.24) is 0 Å². The van der Waals surface area contributed by atoms with Crippen molar-refractivity contribution < 1.29 is 28.6 Å². The minimum absolute atomic E-state index is 0.289. The molecule has 1 unspecified atom stereocenters. The molecule has 0 saturated carbocycles. The Hall–Kier alpha value is -3.41. The fourth-order valence-electron chi connectivity index (χ4n) is 2.35. The van der Waals surface area contributed by atoms with Crippen LogP contribution in [-0.4, -0.2) is 30.1 Å². The van der Waals surface area contributed by atoms with Crippen molar-refractivity contribution in [2.24, 2.45) is 0 Å². The normalized spacial score (nSPS) is 19.1. The Morgan fingerprint density at radius 2 is 1.42 bits per heavy atom. The molecule has 0 amide bonds. The molecule has 0 fully saturated rings. The first-order chi connectivity index (χ1) is 12.5. The van der Waals surface area contributed by atoms with Crippen LogP contribution in [0.3, 0.4) is 0 Å². The Morgan fingerprint density at radius 1 is 0.885 bits per heavy atom. The lowest BCUT2D eigenvalue weighted by atomic mass is 10.1. The molecule has 6 heteroatoms. The maximum Gasteiger partial charge on any atom is 0.374 e. The van der Waals surface area contributed by atoms with E-state index in [1.165, 1.54) is 6.08 Å². The summed E-state index contributed by atoms with van der Waals surface area (Å²) < 4.78 is 15.6. The van der Waals surface area contributed by atoms with Crippen LogP contribution in [0.2, 0.25) is 0 Å². The second-order valence-electron chi connectivity index (χ2n) is 5.63. The van der Waals surface area contributed by atoms with Gasteiger partial charge in [0.1, 0.15) is 6.10 Å². The minimum atomic E-state index is -0.862. The third kappa shape index (κ3) is 3.97. The molecule has 0 radical (unpaired) electrons. The first-order valence-corrected chi connectivity index (χ1v) is 8.00. The first-order valence-electron chi connectivity index (χ1n) is 8.00. The molecular weight excluding hydrogens is 336 g/mol. The van der Waals surface area contributed by atoms with Crippen molar-refractivity contribution in [2.45, 2.75) is 19.1 Å². The quantitative estimate of drug-likeness (QED) is 0.622. The summed E-state index contributed by atoms with van der Waals surface area (Å²) in [4.78, 5) is 36.3. The Balaban J connectivity index is 1.75. The molecule has 2 atom stereocenters. The van der Waals surface area contributed by atoms with Crippen LogP contribution >= 0.6 is 0 Å². The number of cyclic esters (lactones) is 1. The largest absolute Gasteiger partial charge is 0.453 e. The second-order valence-corrected chi connectivity index (χ2v) is 5.63. The SMILES string of the molecule is CC1OC(=O)C(OC(=O)c2ccccc2)=C[C@H]1OC(=O)c1ccccc1. The summed E-state index contributed by atoms with van der Waals surface area (Å²) in [5, 5.41) is 0. The smallest absolute Gasteiger partial charge is 0.374 e. The Morgan fingerprint density at radius 3 is 2.00 bits per heavy atom. The zero-order valence-corrected chi connectivity index (χ0v) is 14.0. The van der Waals surface area contributed by atoms with E-state index in [0.29, 0.717) is 5.56 Å². The van der Waals surface area contributed by atoms with Crippen LogP contribution < -0.4 is 0 Å². The zero-order chi connectivity index (χ0) is 18.5. The molecule has 2 aromatic carbocycles. The molecule has 0 saturated heterocycles. The van der Waals surface area contributed by atoms with E-state index in [1.54, 1.807) is 67.6 Å². The summed E-state index contributed by atoms with van der Waals surface area (Å²) >= 11 is 0. The number of esters is 3. The monoisotopic (exact) mass is 352 g/mol. The van der Waals surface area contributed by atoms with Gasteiger partial charge in [-0.25, -0.2) is 14.4 Å². The predicted octanol–water partition coefficient (Wildman–Crippen LogP) is 2.90. The van der Waals surface area contributed by atoms with Gasteiger partial charge in [-0.05, 0) is 31.2 Å². The average Bonchev–Trinajstić information content (AvgIpc) is 2.66. The molecule has 0 bridgehead atoms.